The van der Waals surface area contributed by atoms with Gasteiger partial charge in [0.25, 0.3) is 0 Å². The van der Waals surface area contributed by atoms with Crippen LogP contribution in [0.15, 0.2) is 23.3 Å². The van der Waals surface area contributed by atoms with Crippen LogP contribution in [0.25, 0.3) is 0 Å². The Bertz CT molecular complexity index is 350. The minimum Gasteiger partial charge on any atom is -0.294 e. The quantitative estimate of drug-likeness (QED) is 0.730. The Hall–Kier alpha value is -1.18. The fourth-order valence-corrected chi connectivity index (χ4v) is 2.41. The Morgan fingerprint density at radius 2 is 1.31 bits per heavy atom. The van der Waals surface area contributed by atoms with Crippen molar-refractivity contribution in [3.8, 4) is 0 Å². The Morgan fingerprint density at radius 3 is 1.56 bits per heavy atom. The Morgan fingerprint density at radius 1 is 0.938 bits per heavy atom. The van der Waals surface area contributed by atoms with Gasteiger partial charge in [0.15, 0.2) is 11.6 Å². The number of carbonyl (C=O) groups excluding carboxylic acids is 2. The highest BCUT2D eigenvalue weighted by Crippen LogP contribution is 2.29. The van der Waals surface area contributed by atoms with Crippen molar-refractivity contribution in [3.05, 3.63) is 23.3 Å². The first-order chi connectivity index (χ1) is 7.59. The molecule has 2 rings (SSSR count). The van der Waals surface area contributed by atoms with Crippen molar-refractivity contribution in [2.24, 2.45) is 11.8 Å². The molecule has 2 nitrogen and oxygen atoms in total. The fraction of sp³-hybridized carbons (Fsp3) is 0.571. The van der Waals surface area contributed by atoms with Gasteiger partial charge in [0.1, 0.15) is 0 Å². The van der Waals surface area contributed by atoms with Crippen LogP contribution in [0.4, 0.5) is 0 Å². The van der Waals surface area contributed by atoms with Crippen molar-refractivity contribution in [1.29, 1.82) is 0 Å². The lowest BCUT2D eigenvalue weighted by Crippen LogP contribution is -2.09. The molecule has 0 spiro atoms. The van der Waals surface area contributed by atoms with Crippen molar-refractivity contribution in [2.45, 2.75) is 39.5 Å². The average molecular weight is 218 g/mol. The molecule has 0 aliphatic heterocycles. The lowest BCUT2D eigenvalue weighted by Gasteiger charge is -2.05. The first kappa shape index (κ1) is 11.3. The molecule has 0 saturated heterocycles. The molecule has 0 amide bonds. The molecule has 2 atom stereocenters. The van der Waals surface area contributed by atoms with E-state index in [0.717, 1.165) is 36.8 Å². The van der Waals surface area contributed by atoms with Crippen molar-refractivity contribution in [3.63, 3.8) is 0 Å². The van der Waals surface area contributed by atoms with Crippen molar-refractivity contribution >= 4 is 11.6 Å². The monoisotopic (exact) mass is 218 g/mol. The third-order valence-electron chi connectivity index (χ3n) is 3.63. The molecule has 2 aliphatic carbocycles. The van der Waals surface area contributed by atoms with Crippen LogP contribution < -0.4 is 0 Å². The molecule has 0 aromatic rings. The highest BCUT2D eigenvalue weighted by molar-refractivity contribution is 6.01. The average Bonchev–Trinajstić information content (AvgIpc) is 2.74. The molecule has 0 heterocycles. The van der Waals surface area contributed by atoms with Gasteiger partial charge in [-0.05, 0) is 36.8 Å². The van der Waals surface area contributed by atoms with Gasteiger partial charge in [0.2, 0.25) is 0 Å². The Kier molecular flexibility index (Phi) is 3.08. The zero-order chi connectivity index (χ0) is 11.7. The summed E-state index contributed by atoms with van der Waals surface area (Å²) in [6.07, 6.45) is 7.31. The molecule has 0 fully saturated rings. The van der Waals surface area contributed by atoms with E-state index in [0.29, 0.717) is 0 Å². The second-order valence-electron chi connectivity index (χ2n) is 4.96. The summed E-state index contributed by atoms with van der Waals surface area (Å²) >= 11 is 0. The first-order valence-corrected chi connectivity index (χ1v) is 6.06. The van der Waals surface area contributed by atoms with Crippen LogP contribution in [0, 0.1) is 11.8 Å². The van der Waals surface area contributed by atoms with E-state index in [-0.39, 0.29) is 23.4 Å². The smallest absolute Gasteiger partial charge is 0.161 e. The van der Waals surface area contributed by atoms with Crippen LogP contribution in [0.2, 0.25) is 0 Å². The molecule has 0 radical (unpaired) electrons. The maximum absolute atomic E-state index is 11.7. The zero-order valence-electron chi connectivity index (χ0n) is 9.95. The number of rotatable bonds is 3. The summed E-state index contributed by atoms with van der Waals surface area (Å²) in [5, 5.41) is 0. The predicted octanol–water partition coefficient (Wildman–Crippen LogP) is 2.84. The number of Topliss-reactive ketones (excluding diaryl/α,β-unsaturated/α-hetero) is 2. The molecule has 2 heteroatoms. The van der Waals surface area contributed by atoms with Crippen molar-refractivity contribution < 1.29 is 9.59 Å². The van der Waals surface area contributed by atoms with E-state index in [1.807, 2.05) is 26.0 Å². The van der Waals surface area contributed by atoms with E-state index in [9.17, 15) is 9.59 Å². The number of ketones is 2. The maximum atomic E-state index is 11.7. The minimum absolute atomic E-state index is 0.155. The summed E-state index contributed by atoms with van der Waals surface area (Å²) in [7, 11) is 0. The van der Waals surface area contributed by atoms with Crippen LogP contribution in [0.1, 0.15) is 39.5 Å². The number of carbonyl (C=O) groups is 2. The SMILES string of the molecule is CC1CC=C(CCC2=CCC(C)C2=O)C1=O. The van der Waals surface area contributed by atoms with Gasteiger partial charge in [-0.2, -0.15) is 0 Å². The topological polar surface area (TPSA) is 34.1 Å². The fourth-order valence-electron chi connectivity index (χ4n) is 2.41. The lowest BCUT2D eigenvalue weighted by molar-refractivity contribution is -0.119. The molecule has 86 valence electrons. The van der Waals surface area contributed by atoms with Gasteiger partial charge in [-0.15, -0.1) is 0 Å². The molecule has 0 saturated carbocycles. The number of allylic oxidation sites excluding steroid dienone is 4. The first-order valence-electron chi connectivity index (χ1n) is 6.06. The molecule has 0 aromatic heterocycles. The van der Waals surface area contributed by atoms with Gasteiger partial charge in [0, 0.05) is 11.8 Å². The van der Waals surface area contributed by atoms with Crippen LogP contribution in [0.5, 0.6) is 0 Å². The largest absolute Gasteiger partial charge is 0.294 e. The molecule has 0 bridgehead atoms. The highest BCUT2D eigenvalue weighted by atomic mass is 16.1. The normalized spacial score (nSPS) is 29.6. The lowest BCUT2D eigenvalue weighted by atomic mass is 9.98. The van der Waals surface area contributed by atoms with E-state index in [2.05, 4.69) is 0 Å². The van der Waals surface area contributed by atoms with Gasteiger partial charge in [-0.1, -0.05) is 26.0 Å². The van der Waals surface area contributed by atoms with E-state index >= 15 is 0 Å². The van der Waals surface area contributed by atoms with Gasteiger partial charge >= 0.3 is 0 Å². The molecule has 0 aromatic carbocycles. The zero-order valence-corrected chi connectivity index (χ0v) is 9.95. The van der Waals surface area contributed by atoms with Crippen LogP contribution in [0.3, 0.4) is 0 Å². The Balaban J connectivity index is 1.90. The van der Waals surface area contributed by atoms with Gasteiger partial charge in [-0.25, -0.2) is 0 Å². The van der Waals surface area contributed by atoms with E-state index in [1.165, 1.54) is 0 Å². The predicted molar refractivity (Wildman–Crippen MR) is 63.0 cm³/mol. The second-order valence-corrected chi connectivity index (χ2v) is 4.96. The number of hydrogen-bond donors (Lipinski definition) is 0. The summed E-state index contributed by atoms with van der Waals surface area (Å²) in [6.45, 7) is 3.93. The Labute approximate surface area is 96.4 Å². The van der Waals surface area contributed by atoms with Crippen molar-refractivity contribution in [1.82, 2.24) is 0 Å². The molecule has 16 heavy (non-hydrogen) atoms. The summed E-state index contributed by atoms with van der Waals surface area (Å²) in [5.41, 5.74) is 1.86. The summed E-state index contributed by atoms with van der Waals surface area (Å²) < 4.78 is 0. The second kappa shape index (κ2) is 4.36. The van der Waals surface area contributed by atoms with Crippen molar-refractivity contribution in [2.75, 3.05) is 0 Å². The molecular formula is C14H18O2. The van der Waals surface area contributed by atoms with E-state index in [4.69, 9.17) is 0 Å². The van der Waals surface area contributed by atoms with Gasteiger partial charge in [0.05, 0.1) is 0 Å². The van der Waals surface area contributed by atoms with Crippen LogP contribution in [-0.2, 0) is 9.59 Å². The molecule has 2 aliphatic rings. The maximum Gasteiger partial charge on any atom is 0.161 e. The summed E-state index contributed by atoms with van der Waals surface area (Å²) in [6, 6.07) is 0. The number of hydrogen-bond acceptors (Lipinski definition) is 2. The van der Waals surface area contributed by atoms with Crippen LogP contribution >= 0.6 is 0 Å². The minimum atomic E-state index is 0.155. The third kappa shape index (κ3) is 2.01. The van der Waals surface area contributed by atoms with Gasteiger partial charge < -0.3 is 0 Å². The van der Waals surface area contributed by atoms with E-state index < -0.39 is 0 Å². The standard InChI is InChI=1S/C14H18O2/c1-9-3-5-11(13(9)15)7-8-12-6-4-10(2)14(12)16/h5-6,9-10H,3-4,7-8H2,1-2H3. The molecular weight excluding hydrogens is 200 g/mol. The highest BCUT2D eigenvalue weighted by Gasteiger charge is 2.26. The van der Waals surface area contributed by atoms with E-state index in [1.54, 1.807) is 0 Å². The van der Waals surface area contributed by atoms with Gasteiger partial charge in [-0.3, -0.25) is 9.59 Å². The molecule has 0 N–H and O–H groups in total. The molecule has 2 unspecified atom stereocenters. The summed E-state index contributed by atoms with van der Waals surface area (Å²) in [5.74, 6) is 0.863. The van der Waals surface area contributed by atoms with Crippen LogP contribution in [-0.4, -0.2) is 11.6 Å². The third-order valence-corrected chi connectivity index (χ3v) is 3.63. The summed E-state index contributed by atoms with van der Waals surface area (Å²) in [4.78, 5) is 23.4.